The van der Waals surface area contributed by atoms with Crippen LogP contribution < -0.4 is 0 Å². The molecule has 0 aromatic heterocycles. The van der Waals surface area contributed by atoms with Crippen LogP contribution in [0.4, 0.5) is 22.0 Å². The van der Waals surface area contributed by atoms with E-state index in [1.807, 2.05) is 19.1 Å². The van der Waals surface area contributed by atoms with Gasteiger partial charge in [0.1, 0.15) is 29.1 Å². The molecule has 2 unspecified atom stereocenters. The van der Waals surface area contributed by atoms with Gasteiger partial charge in [0.15, 0.2) is 0 Å². The first kappa shape index (κ1) is 27.5. The Bertz CT molecular complexity index is 2130. The lowest BCUT2D eigenvalue weighted by Gasteiger charge is -2.41. The molecule has 0 spiro atoms. The summed E-state index contributed by atoms with van der Waals surface area (Å²) in [6.07, 6.45) is 0.320. The van der Waals surface area contributed by atoms with E-state index in [-0.39, 0.29) is 5.82 Å². The van der Waals surface area contributed by atoms with Gasteiger partial charge >= 0.3 is 0 Å². The zero-order valence-electron chi connectivity index (χ0n) is 24.1. The highest BCUT2D eigenvalue weighted by Crippen LogP contribution is 2.64. The summed E-state index contributed by atoms with van der Waals surface area (Å²) in [5.74, 6) is -1.99. The lowest BCUT2D eigenvalue weighted by atomic mass is 9.61. The molecule has 2 atom stereocenters. The second-order valence-corrected chi connectivity index (χ2v) is 12.3. The maximum absolute atomic E-state index is 15.3. The van der Waals surface area contributed by atoms with Crippen molar-refractivity contribution < 1.29 is 22.0 Å². The normalized spacial score (nSPS) is 19.4. The van der Waals surface area contributed by atoms with Gasteiger partial charge in [0, 0.05) is 10.8 Å². The average Bonchev–Trinajstić information content (AvgIpc) is 3.25. The average molecular weight is 601 g/mol. The number of rotatable bonds is 3. The van der Waals surface area contributed by atoms with Gasteiger partial charge in [-0.2, -0.15) is 0 Å². The third-order valence-corrected chi connectivity index (χ3v) is 9.78. The van der Waals surface area contributed by atoms with Crippen molar-refractivity contribution in [3.05, 3.63) is 178 Å². The van der Waals surface area contributed by atoms with Crippen molar-refractivity contribution in [2.24, 2.45) is 0 Å². The number of benzene rings is 6. The Balaban J connectivity index is 1.57. The summed E-state index contributed by atoms with van der Waals surface area (Å²) in [5, 5.41) is 0. The Labute approximate surface area is 257 Å². The summed E-state index contributed by atoms with van der Waals surface area (Å²) in [6, 6.07) is 32.2. The number of fused-ring (bicyclic) bond motifs is 5. The van der Waals surface area contributed by atoms with Crippen LogP contribution in [-0.4, -0.2) is 0 Å². The molecule has 0 amide bonds. The first-order valence-electron chi connectivity index (χ1n) is 14.7. The van der Waals surface area contributed by atoms with Crippen molar-refractivity contribution in [3.8, 4) is 33.4 Å². The lowest BCUT2D eigenvalue weighted by molar-refractivity contribution is 0.424. The standard InChI is InChI=1S/C40H25F5/c1-39(25-4-10-28(42)11-5-25)22-40(26-6-12-29(43)13-7-26)37-21-31(45)15-17-33(37)35-19-24(23-2-8-27(41)9-3-23)18-34(38(35)40)32-16-14-30(44)20-36(32)39/h2-21H,22H2,1H3. The van der Waals surface area contributed by atoms with Crippen molar-refractivity contribution in [1.82, 2.24) is 0 Å². The van der Waals surface area contributed by atoms with E-state index in [2.05, 4.69) is 0 Å². The molecule has 2 aliphatic rings. The molecule has 2 aliphatic carbocycles. The zero-order chi connectivity index (χ0) is 31.1. The summed E-state index contributed by atoms with van der Waals surface area (Å²) in [6.45, 7) is 2.01. The van der Waals surface area contributed by atoms with Crippen molar-refractivity contribution in [1.29, 1.82) is 0 Å². The van der Waals surface area contributed by atoms with Crippen molar-refractivity contribution in [3.63, 3.8) is 0 Å². The van der Waals surface area contributed by atoms with E-state index in [4.69, 9.17) is 0 Å². The molecule has 0 heterocycles. The van der Waals surface area contributed by atoms with Gasteiger partial charge in [0.25, 0.3) is 0 Å². The van der Waals surface area contributed by atoms with Crippen LogP contribution in [0.3, 0.4) is 0 Å². The van der Waals surface area contributed by atoms with Crippen molar-refractivity contribution in [2.75, 3.05) is 0 Å². The SMILES string of the molecule is CC1(c2ccc(F)cc2)CC2(c3ccc(F)cc3)c3cc(F)ccc3-c3cc(-c4ccc(F)cc4)cc(c32)-c2ccc(F)cc21. The summed E-state index contributed by atoms with van der Waals surface area (Å²) in [7, 11) is 0. The molecule has 5 heteroatoms. The van der Waals surface area contributed by atoms with Crippen LogP contribution in [0, 0.1) is 29.1 Å². The van der Waals surface area contributed by atoms with E-state index in [1.54, 1.807) is 54.6 Å². The molecule has 0 saturated carbocycles. The second kappa shape index (κ2) is 9.73. The van der Waals surface area contributed by atoms with E-state index in [1.165, 1.54) is 54.6 Å². The van der Waals surface area contributed by atoms with E-state index < -0.39 is 34.1 Å². The van der Waals surface area contributed by atoms with Gasteiger partial charge in [-0.3, -0.25) is 0 Å². The third kappa shape index (κ3) is 4.03. The Morgan fingerprint density at radius 1 is 0.422 bits per heavy atom. The van der Waals surface area contributed by atoms with Crippen molar-refractivity contribution >= 4 is 0 Å². The van der Waals surface area contributed by atoms with Crippen LogP contribution in [0.2, 0.25) is 0 Å². The third-order valence-electron chi connectivity index (χ3n) is 9.78. The highest BCUT2D eigenvalue weighted by atomic mass is 19.1. The number of halogens is 5. The number of hydrogen-bond acceptors (Lipinski definition) is 0. The first-order valence-corrected chi connectivity index (χ1v) is 14.7. The topological polar surface area (TPSA) is 0 Å². The summed E-state index contributed by atoms with van der Waals surface area (Å²) in [5.41, 5.74) is 6.79. The quantitative estimate of drug-likeness (QED) is 0.177. The fourth-order valence-electron chi connectivity index (χ4n) is 7.80. The Morgan fingerprint density at radius 3 is 1.42 bits per heavy atom. The predicted molar refractivity (Wildman–Crippen MR) is 166 cm³/mol. The molecule has 8 rings (SSSR count). The smallest absolute Gasteiger partial charge is 0.123 e. The van der Waals surface area contributed by atoms with Gasteiger partial charge < -0.3 is 0 Å². The van der Waals surface area contributed by atoms with Gasteiger partial charge in [-0.15, -0.1) is 0 Å². The molecular formula is C40H25F5. The largest absolute Gasteiger partial charge is 0.207 e. The lowest BCUT2D eigenvalue weighted by Crippen LogP contribution is -2.37. The molecule has 0 nitrogen and oxygen atoms in total. The molecule has 0 N–H and O–H groups in total. The Hall–Kier alpha value is -5.03. The fourth-order valence-corrected chi connectivity index (χ4v) is 7.80. The van der Waals surface area contributed by atoms with Crippen LogP contribution in [0.1, 0.15) is 41.2 Å². The minimum atomic E-state index is -1.00. The summed E-state index contributed by atoms with van der Waals surface area (Å²) >= 11 is 0. The molecule has 0 saturated heterocycles. The predicted octanol–water partition coefficient (Wildman–Crippen LogP) is 10.7. The molecule has 0 fully saturated rings. The molecule has 6 aromatic rings. The van der Waals surface area contributed by atoms with Crippen molar-refractivity contribution in [2.45, 2.75) is 24.2 Å². The monoisotopic (exact) mass is 600 g/mol. The van der Waals surface area contributed by atoms with Gasteiger partial charge in [-0.1, -0.05) is 55.5 Å². The molecule has 0 bridgehead atoms. The zero-order valence-corrected chi connectivity index (χ0v) is 24.1. The second-order valence-electron chi connectivity index (χ2n) is 12.3. The van der Waals surface area contributed by atoms with Crippen LogP contribution in [0.25, 0.3) is 33.4 Å². The highest BCUT2D eigenvalue weighted by Gasteiger charge is 2.53. The van der Waals surface area contributed by atoms with Gasteiger partial charge in [-0.25, -0.2) is 22.0 Å². The highest BCUT2D eigenvalue weighted by molar-refractivity contribution is 5.95. The first-order chi connectivity index (χ1) is 21.7. The molecule has 45 heavy (non-hydrogen) atoms. The van der Waals surface area contributed by atoms with Crippen LogP contribution in [0.15, 0.2) is 121 Å². The van der Waals surface area contributed by atoms with Gasteiger partial charge in [0.2, 0.25) is 0 Å². The van der Waals surface area contributed by atoms with Gasteiger partial charge in [-0.05, 0) is 140 Å². The Kier molecular flexibility index (Phi) is 5.95. The molecule has 6 aromatic carbocycles. The van der Waals surface area contributed by atoms with E-state index in [9.17, 15) is 13.2 Å². The van der Waals surface area contributed by atoms with E-state index in [0.29, 0.717) is 17.5 Å². The van der Waals surface area contributed by atoms with Crippen LogP contribution in [0.5, 0.6) is 0 Å². The summed E-state index contributed by atoms with van der Waals surface area (Å²) in [4.78, 5) is 0. The minimum Gasteiger partial charge on any atom is -0.207 e. The molecular weight excluding hydrogens is 575 g/mol. The minimum absolute atomic E-state index is 0.320. The van der Waals surface area contributed by atoms with Crippen LogP contribution >= 0.6 is 0 Å². The van der Waals surface area contributed by atoms with Gasteiger partial charge in [0.05, 0.1) is 0 Å². The maximum Gasteiger partial charge on any atom is 0.123 e. The fraction of sp³-hybridized carbons (Fsp3) is 0.100. The van der Waals surface area contributed by atoms with E-state index >= 15 is 8.78 Å². The van der Waals surface area contributed by atoms with E-state index in [0.717, 1.165) is 50.1 Å². The molecule has 0 radical (unpaired) electrons. The van der Waals surface area contributed by atoms with Crippen LogP contribution in [-0.2, 0) is 10.8 Å². The Morgan fingerprint density at radius 2 is 0.867 bits per heavy atom. The number of hydrogen-bond donors (Lipinski definition) is 0. The molecule has 0 aliphatic heterocycles. The molecule has 220 valence electrons. The summed E-state index contributed by atoms with van der Waals surface area (Å²) < 4.78 is 73.3. The maximum atomic E-state index is 15.3.